The molecule has 0 saturated carbocycles. The van der Waals surface area contributed by atoms with Gasteiger partial charge in [-0.3, -0.25) is 5.10 Å². The lowest BCUT2D eigenvalue weighted by atomic mass is 10.2. The van der Waals surface area contributed by atoms with Gasteiger partial charge in [-0.25, -0.2) is 9.59 Å². The first-order valence-corrected chi connectivity index (χ1v) is 4.88. The number of aromatic nitrogens is 3. The first kappa shape index (κ1) is 12.9. The van der Waals surface area contributed by atoms with Gasteiger partial charge in [-0.15, -0.1) is 5.10 Å². The predicted molar refractivity (Wildman–Crippen MR) is 56.1 cm³/mol. The zero-order valence-electron chi connectivity index (χ0n) is 9.72. The molecular formula is C9H14N4O4. The summed E-state index contributed by atoms with van der Waals surface area (Å²) >= 11 is 0. The predicted octanol–water partition coefficient (Wildman–Crippen LogP) is 0.455. The van der Waals surface area contributed by atoms with Crippen molar-refractivity contribution in [2.24, 2.45) is 0 Å². The summed E-state index contributed by atoms with van der Waals surface area (Å²) in [5.41, 5.74) is -0.597. The Morgan fingerprint density at radius 1 is 1.53 bits per heavy atom. The number of aliphatic carboxylic acids is 1. The van der Waals surface area contributed by atoms with Crippen LogP contribution in [-0.2, 0) is 9.53 Å². The van der Waals surface area contributed by atoms with Crippen LogP contribution in [0, 0.1) is 0 Å². The van der Waals surface area contributed by atoms with Crippen LogP contribution in [0.15, 0.2) is 6.20 Å². The Balaban J connectivity index is 2.69. The number of amides is 1. The molecule has 1 atom stereocenters. The Kier molecular flexibility index (Phi) is 3.66. The van der Waals surface area contributed by atoms with Gasteiger partial charge in [0.05, 0.1) is 0 Å². The van der Waals surface area contributed by atoms with Crippen molar-refractivity contribution in [1.29, 1.82) is 0 Å². The maximum Gasteiger partial charge on any atom is 0.408 e. The number of carbonyl (C=O) groups is 2. The van der Waals surface area contributed by atoms with E-state index < -0.39 is 23.7 Å². The molecular weight excluding hydrogens is 228 g/mol. The van der Waals surface area contributed by atoms with Gasteiger partial charge in [0, 0.05) is 6.20 Å². The highest BCUT2D eigenvalue weighted by molar-refractivity contribution is 5.80. The molecule has 0 aliphatic rings. The highest BCUT2D eigenvalue weighted by Gasteiger charge is 2.27. The molecule has 8 heteroatoms. The fraction of sp³-hybridized carbons (Fsp3) is 0.556. The molecule has 8 nitrogen and oxygen atoms in total. The summed E-state index contributed by atoms with van der Waals surface area (Å²) in [5, 5.41) is 20.4. The van der Waals surface area contributed by atoms with Crippen LogP contribution in [0.3, 0.4) is 0 Å². The molecule has 0 fully saturated rings. The highest BCUT2D eigenvalue weighted by atomic mass is 16.6. The fourth-order valence-electron chi connectivity index (χ4n) is 1.04. The van der Waals surface area contributed by atoms with Crippen molar-refractivity contribution in [3.05, 3.63) is 11.9 Å². The number of H-pyrrole nitrogens is 1. The molecule has 17 heavy (non-hydrogen) atoms. The van der Waals surface area contributed by atoms with Crippen LogP contribution < -0.4 is 5.32 Å². The average Bonchev–Trinajstić information content (AvgIpc) is 2.63. The Labute approximate surface area is 97.4 Å². The molecule has 0 aliphatic heterocycles. The van der Waals surface area contributed by atoms with Crippen LogP contribution in [0.25, 0.3) is 0 Å². The number of alkyl carbamates (subject to hydrolysis) is 1. The standard InChI is InChI=1S/C9H14N4O4/c1-9(2,3)17-8(16)11-6(7(14)15)5-4-10-13-12-5/h4,6H,1-3H3,(H,11,16)(H,14,15)(H,10,12,13). The van der Waals surface area contributed by atoms with E-state index in [9.17, 15) is 9.59 Å². The molecule has 1 heterocycles. The molecule has 1 aromatic heterocycles. The number of nitrogens with zero attached hydrogens (tertiary/aromatic N) is 2. The van der Waals surface area contributed by atoms with Crippen LogP contribution in [0.1, 0.15) is 32.5 Å². The maximum absolute atomic E-state index is 11.4. The van der Waals surface area contributed by atoms with Gasteiger partial charge >= 0.3 is 12.1 Å². The smallest absolute Gasteiger partial charge is 0.408 e. The maximum atomic E-state index is 11.4. The van der Waals surface area contributed by atoms with Crippen molar-refractivity contribution in [2.45, 2.75) is 32.4 Å². The van der Waals surface area contributed by atoms with Crippen molar-refractivity contribution < 1.29 is 19.4 Å². The molecule has 0 spiro atoms. The topological polar surface area (TPSA) is 117 Å². The SMILES string of the molecule is CC(C)(C)OC(=O)NC(C(=O)O)c1c[nH]nn1. The van der Waals surface area contributed by atoms with Gasteiger partial charge in [0.1, 0.15) is 11.3 Å². The Morgan fingerprint density at radius 2 is 2.18 bits per heavy atom. The van der Waals surface area contributed by atoms with E-state index in [4.69, 9.17) is 9.84 Å². The van der Waals surface area contributed by atoms with Gasteiger partial charge in [0.25, 0.3) is 0 Å². The van der Waals surface area contributed by atoms with Gasteiger partial charge in [0.2, 0.25) is 0 Å². The monoisotopic (exact) mass is 242 g/mol. The molecule has 3 N–H and O–H groups in total. The van der Waals surface area contributed by atoms with Crippen LogP contribution in [0.4, 0.5) is 4.79 Å². The summed E-state index contributed by atoms with van der Waals surface area (Å²) in [6.07, 6.45) is 0.462. The summed E-state index contributed by atoms with van der Waals surface area (Å²) < 4.78 is 4.94. The van der Waals surface area contributed by atoms with Gasteiger partial charge in [-0.2, -0.15) is 0 Å². The minimum Gasteiger partial charge on any atom is -0.479 e. The lowest BCUT2D eigenvalue weighted by Crippen LogP contribution is -2.38. The second-order valence-corrected chi connectivity index (χ2v) is 4.32. The zero-order chi connectivity index (χ0) is 13.1. The molecule has 1 unspecified atom stereocenters. The van der Waals surface area contributed by atoms with E-state index in [1.54, 1.807) is 20.8 Å². The molecule has 0 aromatic carbocycles. The zero-order valence-corrected chi connectivity index (χ0v) is 9.72. The Hall–Kier alpha value is -2.12. The molecule has 1 aromatic rings. The number of carbonyl (C=O) groups excluding carboxylic acids is 1. The number of hydrogen-bond acceptors (Lipinski definition) is 5. The summed E-state index contributed by atoms with van der Waals surface area (Å²) in [6.45, 7) is 5.04. The number of carboxylic acids is 1. The second kappa shape index (κ2) is 4.81. The van der Waals surface area contributed by atoms with Crippen molar-refractivity contribution in [2.75, 3.05) is 0 Å². The van der Waals surface area contributed by atoms with Crippen molar-refractivity contribution in [1.82, 2.24) is 20.7 Å². The van der Waals surface area contributed by atoms with Crippen LogP contribution in [0.5, 0.6) is 0 Å². The minimum atomic E-state index is -1.29. The van der Waals surface area contributed by atoms with E-state index in [1.165, 1.54) is 6.20 Å². The number of ether oxygens (including phenoxy) is 1. The summed E-state index contributed by atoms with van der Waals surface area (Å²) in [6, 6.07) is -1.29. The van der Waals surface area contributed by atoms with Crippen molar-refractivity contribution >= 4 is 12.1 Å². The third kappa shape index (κ3) is 4.09. The van der Waals surface area contributed by atoms with Gasteiger partial charge in [-0.05, 0) is 20.8 Å². The van der Waals surface area contributed by atoms with Crippen LogP contribution >= 0.6 is 0 Å². The van der Waals surface area contributed by atoms with E-state index in [0.29, 0.717) is 0 Å². The van der Waals surface area contributed by atoms with E-state index in [2.05, 4.69) is 20.7 Å². The quantitative estimate of drug-likeness (QED) is 0.708. The van der Waals surface area contributed by atoms with E-state index >= 15 is 0 Å². The largest absolute Gasteiger partial charge is 0.479 e. The number of hydrogen-bond donors (Lipinski definition) is 3. The van der Waals surface area contributed by atoms with Gasteiger partial charge in [-0.1, -0.05) is 5.21 Å². The minimum absolute atomic E-state index is 0.100. The summed E-state index contributed by atoms with van der Waals surface area (Å²) in [5.74, 6) is -1.25. The summed E-state index contributed by atoms with van der Waals surface area (Å²) in [7, 11) is 0. The summed E-state index contributed by atoms with van der Waals surface area (Å²) in [4.78, 5) is 22.4. The Morgan fingerprint density at radius 3 is 2.59 bits per heavy atom. The average molecular weight is 242 g/mol. The lowest BCUT2D eigenvalue weighted by Gasteiger charge is -2.21. The molecule has 0 radical (unpaired) electrons. The fourth-order valence-corrected chi connectivity index (χ4v) is 1.04. The first-order chi connectivity index (χ1) is 7.79. The molecule has 0 aliphatic carbocycles. The van der Waals surface area contributed by atoms with E-state index in [1.807, 2.05) is 0 Å². The molecule has 94 valence electrons. The Bertz CT molecular complexity index is 396. The third-order valence-electron chi connectivity index (χ3n) is 1.64. The molecule has 1 amide bonds. The molecule has 1 rings (SSSR count). The number of nitrogens with one attached hydrogen (secondary N) is 2. The second-order valence-electron chi connectivity index (χ2n) is 4.32. The molecule has 0 saturated heterocycles. The first-order valence-electron chi connectivity index (χ1n) is 4.88. The van der Waals surface area contributed by atoms with Crippen molar-refractivity contribution in [3.63, 3.8) is 0 Å². The van der Waals surface area contributed by atoms with Gasteiger partial charge in [0.15, 0.2) is 6.04 Å². The number of aromatic amines is 1. The van der Waals surface area contributed by atoms with Crippen LogP contribution in [-0.4, -0.2) is 38.2 Å². The lowest BCUT2D eigenvalue weighted by molar-refractivity contribution is -0.139. The normalized spacial score (nSPS) is 12.9. The molecule has 0 bridgehead atoms. The van der Waals surface area contributed by atoms with E-state index in [0.717, 1.165) is 0 Å². The van der Waals surface area contributed by atoms with Crippen molar-refractivity contribution in [3.8, 4) is 0 Å². The number of rotatable bonds is 3. The highest BCUT2D eigenvalue weighted by Crippen LogP contribution is 2.11. The third-order valence-corrected chi connectivity index (χ3v) is 1.64. The number of carboxylic acid groups (broad SMARTS) is 1. The van der Waals surface area contributed by atoms with Crippen LogP contribution in [0.2, 0.25) is 0 Å². The van der Waals surface area contributed by atoms with E-state index in [-0.39, 0.29) is 5.69 Å². The van der Waals surface area contributed by atoms with Gasteiger partial charge < -0.3 is 15.2 Å².